The number of hydrogen-bond donors (Lipinski definition) is 1. The third-order valence-electron chi connectivity index (χ3n) is 6.52. The van der Waals surface area contributed by atoms with Crippen LogP contribution >= 0.6 is 0 Å². The number of Topliss-reactive ketones (excluding diaryl/α,β-unsaturated/α-hetero) is 1. The van der Waals surface area contributed by atoms with Crippen LogP contribution in [0.15, 0.2) is 71.1 Å². The Balaban J connectivity index is 1.73. The molecule has 0 aromatic heterocycles. The molecule has 1 heterocycles. The molecule has 1 N–H and O–H groups in total. The molecule has 2 aromatic carbocycles. The Morgan fingerprint density at radius 3 is 2.49 bits per heavy atom. The zero-order chi connectivity index (χ0) is 25.2. The van der Waals surface area contributed by atoms with Crippen molar-refractivity contribution in [2.45, 2.75) is 53.1 Å². The number of allylic oxidation sites excluding steroid dienone is 3. The summed E-state index contributed by atoms with van der Waals surface area (Å²) in [5, 5.41) is 3.38. The van der Waals surface area contributed by atoms with Crippen LogP contribution in [0.25, 0.3) is 0 Å². The van der Waals surface area contributed by atoms with Gasteiger partial charge in [-0.1, -0.05) is 44.2 Å². The molecule has 6 heteroatoms. The fraction of sp³-hybridized carbons (Fsp3) is 0.379. The van der Waals surface area contributed by atoms with E-state index < -0.39 is 11.9 Å². The van der Waals surface area contributed by atoms with E-state index in [2.05, 4.69) is 19.2 Å². The van der Waals surface area contributed by atoms with E-state index >= 15 is 0 Å². The van der Waals surface area contributed by atoms with Crippen LogP contribution in [0, 0.1) is 5.41 Å². The van der Waals surface area contributed by atoms with Gasteiger partial charge in [-0.25, -0.2) is 4.79 Å². The van der Waals surface area contributed by atoms with Crippen molar-refractivity contribution in [2.75, 3.05) is 13.7 Å². The van der Waals surface area contributed by atoms with Crippen molar-refractivity contribution in [3.05, 3.63) is 82.2 Å². The maximum Gasteiger partial charge on any atom is 0.337 e. The van der Waals surface area contributed by atoms with Gasteiger partial charge in [-0.3, -0.25) is 4.79 Å². The second-order valence-electron chi connectivity index (χ2n) is 9.82. The number of hydrogen-bond acceptors (Lipinski definition) is 6. The minimum atomic E-state index is -0.555. The minimum absolute atomic E-state index is 0.0491. The van der Waals surface area contributed by atoms with E-state index in [1.54, 1.807) is 7.11 Å². The molecule has 0 saturated carbocycles. The van der Waals surface area contributed by atoms with Gasteiger partial charge in [0.15, 0.2) is 5.78 Å². The van der Waals surface area contributed by atoms with Crippen LogP contribution in [0.4, 0.5) is 0 Å². The summed E-state index contributed by atoms with van der Waals surface area (Å²) in [5.74, 6) is 0.445. The van der Waals surface area contributed by atoms with Crippen LogP contribution in [-0.2, 0) is 20.9 Å². The van der Waals surface area contributed by atoms with E-state index in [1.165, 1.54) is 0 Å². The first-order valence-electron chi connectivity index (χ1n) is 12.0. The van der Waals surface area contributed by atoms with E-state index in [0.29, 0.717) is 35.6 Å². The zero-order valence-corrected chi connectivity index (χ0v) is 21.1. The highest BCUT2D eigenvalue weighted by Crippen LogP contribution is 2.48. The topological polar surface area (TPSA) is 73.9 Å². The van der Waals surface area contributed by atoms with Crippen molar-refractivity contribution in [1.29, 1.82) is 0 Å². The van der Waals surface area contributed by atoms with Crippen LogP contribution in [0.2, 0.25) is 0 Å². The summed E-state index contributed by atoms with van der Waals surface area (Å²) in [7, 11) is 1.61. The number of methoxy groups -OCH3 is 1. The van der Waals surface area contributed by atoms with E-state index in [1.807, 2.05) is 62.4 Å². The van der Waals surface area contributed by atoms with Crippen molar-refractivity contribution in [1.82, 2.24) is 5.32 Å². The lowest BCUT2D eigenvalue weighted by Crippen LogP contribution is -2.38. The van der Waals surface area contributed by atoms with Gasteiger partial charge < -0.3 is 19.5 Å². The number of carbonyl (C=O) groups excluding carboxylic acids is 2. The Morgan fingerprint density at radius 2 is 1.80 bits per heavy atom. The van der Waals surface area contributed by atoms with Crippen molar-refractivity contribution < 1.29 is 23.8 Å². The normalized spacial score (nSPS) is 19.1. The molecule has 1 aliphatic heterocycles. The zero-order valence-electron chi connectivity index (χ0n) is 21.1. The van der Waals surface area contributed by atoms with E-state index in [0.717, 1.165) is 29.0 Å². The van der Waals surface area contributed by atoms with Crippen molar-refractivity contribution in [2.24, 2.45) is 5.41 Å². The number of esters is 1. The highest BCUT2D eigenvalue weighted by atomic mass is 16.5. The molecule has 0 bridgehead atoms. The molecule has 0 spiro atoms. The number of benzene rings is 2. The first-order chi connectivity index (χ1) is 16.7. The van der Waals surface area contributed by atoms with Crippen LogP contribution in [0.3, 0.4) is 0 Å². The van der Waals surface area contributed by atoms with Gasteiger partial charge in [0.05, 0.1) is 25.2 Å². The first-order valence-corrected chi connectivity index (χ1v) is 12.0. The fourth-order valence-electron chi connectivity index (χ4n) is 4.97. The summed E-state index contributed by atoms with van der Waals surface area (Å²) >= 11 is 0. The molecule has 0 fully saturated rings. The average Bonchev–Trinajstić information content (AvgIpc) is 2.82. The number of ketones is 1. The van der Waals surface area contributed by atoms with Crippen molar-refractivity contribution in [3.8, 4) is 11.5 Å². The standard InChI is InChI=1S/C29H33NO5/c1-6-34-24-10-8-7-9-21(24)26-25(28(32)35-17-19-11-13-20(33-5)14-12-19)18(2)30-22-15-29(3,4)16-23(31)27(22)26/h7-14,26,30H,6,15-17H2,1-5H3/t26-/m1/s1. The van der Waals surface area contributed by atoms with E-state index in [-0.39, 0.29) is 17.8 Å². The number of dihydropyridines is 1. The third-order valence-corrected chi connectivity index (χ3v) is 6.52. The largest absolute Gasteiger partial charge is 0.497 e. The second kappa shape index (κ2) is 9.98. The van der Waals surface area contributed by atoms with Gasteiger partial charge in [-0.2, -0.15) is 0 Å². The smallest absolute Gasteiger partial charge is 0.337 e. The number of rotatable bonds is 7. The third kappa shape index (κ3) is 5.11. The maximum absolute atomic E-state index is 13.5. The lowest BCUT2D eigenvalue weighted by molar-refractivity contribution is -0.140. The summed E-state index contributed by atoms with van der Waals surface area (Å²) in [6.07, 6.45) is 1.15. The highest BCUT2D eigenvalue weighted by molar-refractivity contribution is 6.04. The minimum Gasteiger partial charge on any atom is -0.497 e. The summed E-state index contributed by atoms with van der Waals surface area (Å²) in [6, 6.07) is 15.0. The molecule has 2 aromatic rings. The van der Waals surface area contributed by atoms with Gasteiger partial charge in [-0.05, 0) is 49.4 Å². The lowest BCUT2D eigenvalue weighted by Gasteiger charge is -2.39. The number of ether oxygens (including phenoxy) is 3. The lowest BCUT2D eigenvalue weighted by atomic mass is 9.68. The molecule has 1 atom stereocenters. The summed E-state index contributed by atoms with van der Waals surface area (Å²) in [6.45, 7) is 8.58. The molecule has 0 radical (unpaired) electrons. The Hall–Kier alpha value is -3.54. The average molecular weight is 476 g/mol. The second-order valence-corrected chi connectivity index (χ2v) is 9.82. The molecule has 184 valence electrons. The maximum atomic E-state index is 13.5. The molecular weight excluding hydrogens is 442 g/mol. The van der Waals surface area contributed by atoms with Gasteiger partial charge in [0, 0.05) is 29.0 Å². The molecule has 0 amide bonds. The van der Waals surface area contributed by atoms with Crippen LogP contribution in [0.1, 0.15) is 57.6 Å². The van der Waals surface area contributed by atoms with Crippen LogP contribution < -0.4 is 14.8 Å². The number of nitrogens with one attached hydrogen (secondary N) is 1. The molecule has 35 heavy (non-hydrogen) atoms. The van der Waals surface area contributed by atoms with Gasteiger partial charge in [-0.15, -0.1) is 0 Å². The highest BCUT2D eigenvalue weighted by Gasteiger charge is 2.44. The number of para-hydroxylation sites is 1. The molecule has 1 aliphatic carbocycles. The Kier molecular flexibility index (Phi) is 7.01. The Morgan fingerprint density at radius 1 is 1.09 bits per heavy atom. The number of carbonyl (C=O) groups is 2. The van der Waals surface area contributed by atoms with Gasteiger partial charge in [0.1, 0.15) is 18.1 Å². The predicted octanol–water partition coefficient (Wildman–Crippen LogP) is 5.44. The van der Waals surface area contributed by atoms with Gasteiger partial charge in [0.25, 0.3) is 0 Å². The predicted molar refractivity (Wildman–Crippen MR) is 134 cm³/mol. The fourth-order valence-corrected chi connectivity index (χ4v) is 4.97. The van der Waals surface area contributed by atoms with Gasteiger partial charge >= 0.3 is 5.97 Å². The van der Waals surface area contributed by atoms with Gasteiger partial charge in [0.2, 0.25) is 0 Å². The summed E-state index contributed by atoms with van der Waals surface area (Å²) in [4.78, 5) is 27.0. The molecule has 0 saturated heterocycles. The summed E-state index contributed by atoms with van der Waals surface area (Å²) < 4.78 is 16.9. The first kappa shape index (κ1) is 24.6. The molecular formula is C29H33NO5. The molecule has 6 nitrogen and oxygen atoms in total. The molecule has 2 aliphatic rings. The van der Waals surface area contributed by atoms with E-state index in [9.17, 15) is 9.59 Å². The summed E-state index contributed by atoms with van der Waals surface area (Å²) in [5.41, 5.74) is 4.16. The Bertz CT molecular complexity index is 1190. The molecule has 4 rings (SSSR count). The quantitative estimate of drug-likeness (QED) is 0.538. The van der Waals surface area contributed by atoms with Crippen LogP contribution in [0.5, 0.6) is 11.5 Å². The van der Waals surface area contributed by atoms with Crippen molar-refractivity contribution in [3.63, 3.8) is 0 Å². The van der Waals surface area contributed by atoms with Crippen LogP contribution in [-0.4, -0.2) is 25.5 Å². The van der Waals surface area contributed by atoms with Crippen molar-refractivity contribution >= 4 is 11.8 Å². The SMILES string of the molecule is CCOc1ccccc1[C@@H]1C(C(=O)OCc2ccc(OC)cc2)=C(C)NC2=C1C(=O)CC(C)(C)C2. The monoisotopic (exact) mass is 475 g/mol. The van der Waals surface area contributed by atoms with E-state index in [4.69, 9.17) is 14.2 Å². The Labute approximate surface area is 207 Å². The molecule has 0 unspecified atom stereocenters.